The monoisotopic (exact) mass is 419 g/mol. The summed E-state index contributed by atoms with van der Waals surface area (Å²) in [6.07, 6.45) is 8.57. The van der Waals surface area contributed by atoms with Crippen molar-refractivity contribution in [1.82, 2.24) is 14.7 Å². The van der Waals surface area contributed by atoms with Crippen LogP contribution in [0.3, 0.4) is 0 Å². The highest BCUT2D eigenvalue weighted by atomic mass is 16.2. The summed E-state index contributed by atoms with van der Waals surface area (Å²) >= 11 is 0. The summed E-state index contributed by atoms with van der Waals surface area (Å²) in [5.41, 5.74) is 0.287. The molecule has 2 saturated heterocycles. The number of hydrogen-bond acceptors (Lipinski definition) is 4. The molecule has 0 spiro atoms. The van der Waals surface area contributed by atoms with Gasteiger partial charge in [-0.2, -0.15) is 0 Å². The van der Waals surface area contributed by atoms with Crippen molar-refractivity contribution in [2.75, 3.05) is 45.8 Å². The summed E-state index contributed by atoms with van der Waals surface area (Å²) in [4.78, 5) is 32.0. The van der Waals surface area contributed by atoms with E-state index in [2.05, 4.69) is 35.5 Å². The fourth-order valence-corrected chi connectivity index (χ4v) is 5.75. The van der Waals surface area contributed by atoms with E-state index in [4.69, 9.17) is 0 Å². The van der Waals surface area contributed by atoms with Gasteiger partial charge in [0.2, 0.25) is 5.91 Å². The summed E-state index contributed by atoms with van der Waals surface area (Å²) in [6.45, 7) is 16.5. The molecule has 1 saturated carbocycles. The lowest BCUT2D eigenvalue weighted by Gasteiger charge is -2.42. The molecular weight excluding hydrogens is 374 g/mol. The predicted octanol–water partition coefficient (Wildman–Crippen LogP) is 3.82. The van der Waals surface area contributed by atoms with Crippen molar-refractivity contribution in [3.8, 4) is 0 Å². The summed E-state index contributed by atoms with van der Waals surface area (Å²) in [7, 11) is 0. The molecule has 3 fully saturated rings. The first-order chi connectivity index (χ1) is 14.2. The minimum absolute atomic E-state index is 0.165. The van der Waals surface area contributed by atoms with Crippen molar-refractivity contribution in [3.63, 3.8) is 0 Å². The van der Waals surface area contributed by atoms with Crippen LogP contribution in [-0.4, -0.2) is 77.7 Å². The lowest BCUT2D eigenvalue weighted by molar-refractivity contribution is -0.139. The number of likely N-dealkylation sites (tertiary alicyclic amines) is 1. The van der Waals surface area contributed by atoms with Gasteiger partial charge in [0.1, 0.15) is 5.78 Å². The van der Waals surface area contributed by atoms with Gasteiger partial charge in [0.15, 0.2) is 0 Å². The molecule has 5 nitrogen and oxygen atoms in total. The second-order valence-electron chi connectivity index (χ2n) is 11.1. The number of carbonyl (C=O) groups excluding carboxylic acids is 2. The van der Waals surface area contributed by atoms with Crippen molar-refractivity contribution in [3.05, 3.63) is 0 Å². The van der Waals surface area contributed by atoms with Gasteiger partial charge >= 0.3 is 0 Å². The Morgan fingerprint density at radius 1 is 0.867 bits per heavy atom. The molecule has 172 valence electrons. The molecule has 3 rings (SSSR count). The Labute approximate surface area is 184 Å². The third kappa shape index (κ3) is 6.53. The molecule has 0 aromatic heterocycles. The number of amides is 1. The van der Waals surface area contributed by atoms with Gasteiger partial charge < -0.3 is 9.80 Å². The average Bonchev–Trinajstić information content (AvgIpc) is 2.73. The molecule has 1 unspecified atom stereocenters. The van der Waals surface area contributed by atoms with Crippen LogP contribution < -0.4 is 0 Å². The summed E-state index contributed by atoms with van der Waals surface area (Å²) in [5.74, 6) is 1.72. The Hall–Kier alpha value is -0.940. The van der Waals surface area contributed by atoms with E-state index >= 15 is 0 Å². The maximum atomic E-state index is 13.0. The van der Waals surface area contributed by atoms with Crippen LogP contribution in [-0.2, 0) is 9.59 Å². The molecule has 1 amide bonds. The SMILES string of the molecule is CC(=O)C1CCC(C(=O)N2CCCC(CCCN3CCN(C(C)(C)C)CC3)C2)CC1. The Morgan fingerprint density at radius 3 is 2.10 bits per heavy atom. The zero-order valence-electron chi connectivity index (χ0n) is 20.0. The molecule has 2 aliphatic heterocycles. The fraction of sp³-hybridized carbons (Fsp3) is 0.920. The second kappa shape index (κ2) is 10.6. The quantitative estimate of drug-likeness (QED) is 0.657. The minimum Gasteiger partial charge on any atom is -0.342 e. The third-order valence-corrected chi connectivity index (χ3v) is 7.89. The fourth-order valence-electron chi connectivity index (χ4n) is 5.75. The lowest BCUT2D eigenvalue weighted by atomic mass is 9.79. The highest BCUT2D eigenvalue weighted by Gasteiger charge is 2.33. The number of piperidine rings is 1. The number of rotatable bonds is 6. The number of carbonyl (C=O) groups is 2. The third-order valence-electron chi connectivity index (χ3n) is 7.89. The first-order valence-electron chi connectivity index (χ1n) is 12.5. The molecule has 0 radical (unpaired) electrons. The van der Waals surface area contributed by atoms with E-state index in [1.165, 1.54) is 52.0 Å². The van der Waals surface area contributed by atoms with E-state index < -0.39 is 0 Å². The van der Waals surface area contributed by atoms with Crippen LogP contribution in [0.2, 0.25) is 0 Å². The number of ketones is 1. The van der Waals surface area contributed by atoms with Gasteiger partial charge in [0, 0.05) is 56.6 Å². The molecule has 0 N–H and O–H groups in total. The van der Waals surface area contributed by atoms with Crippen LogP contribution >= 0.6 is 0 Å². The van der Waals surface area contributed by atoms with Crippen LogP contribution in [0.1, 0.15) is 79.1 Å². The van der Waals surface area contributed by atoms with E-state index in [9.17, 15) is 9.59 Å². The van der Waals surface area contributed by atoms with Gasteiger partial charge in [-0.15, -0.1) is 0 Å². The number of Topliss-reactive ketones (excluding diaryl/α,β-unsaturated/α-hetero) is 1. The first-order valence-corrected chi connectivity index (χ1v) is 12.5. The van der Waals surface area contributed by atoms with Crippen molar-refractivity contribution < 1.29 is 9.59 Å². The molecule has 1 aliphatic carbocycles. The Morgan fingerprint density at radius 2 is 1.50 bits per heavy atom. The largest absolute Gasteiger partial charge is 0.342 e. The number of piperazine rings is 1. The summed E-state index contributed by atoms with van der Waals surface area (Å²) in [6, 6.07) is 0. The van der Waals surface area contributed by atoms with Crippen molar-refractivity contribution >= 4 is 11.7 Å². The van der Waals surface area contributed by atoms with E-state index in [0.29, 0.717) is 17.6 Å². The number of nitrogens with zero attached hydrogens (tertiary/aromatic N) is 3. The summed E-state index contributed by atoms with van der Waals surface area (Å²) < 4.78 is 0. The van der Waals surface area contributed by atoms with E-state index in [-0.39, 0.29) is 17.4 Å². The highest BCUT2D eigenvalue weighted by Crippen LogP contribution is 2.32. The molecule has 0 bridgehead atoms. The van der Waals surface area contributed by atoms with Crippen molar-refractivity contribution in [2.45, 2.75) is 84.6 Å². The first kappa shape index (κ1) is 23.7. The zero-order chi connectivity index (χ0) is 21.7. The van der Waals surface area contributed by atoms with Gasteiger partial charge in [-0.25, -0.2) is 0 Å². The molecule has 1 atom stereocenters. The number of hydrogen-bond donors (Lipinski definition) is 0. The maximum absolute atomic E-state index is 13.0. The lowest BCUT2D eigenvalue weighted by Crippen LogP contribution is -2.53. The molecule has 0 aromatic rings. The van der Waals surface area contributed by atoms with Gasteiger partial charge in [-0.3, -0.25) is 14.5 Å². The van der Waals surface area contributed by atoms with Gasteiger partial charge in [0.05, 0.1) is 0 Å². The summed E-state index contributed by atoms with van der Waals surface area (Å²) in [5, 5.41) is 0. The maximum Gasteiger partial charge on any atom is 0.225 e. The Balaban J connectivity index is 1.35. The van der Waals surface area contributed by atoms with E-state index in [0.717, 1.165) is 45.2 Å². The second-order valence-corrected chi connectivity index (χ2v) is 11.1. The van der Waals surface area contributed by atoms with Gasteiger partial charge in [-0.1, -0.05) is 0 Å². The van der Waals surface area contributed by atoms with Gasteiger partial charge in [0.25, 0.3) is 0 Å². The standard InChI is InChI=1S/C25H45N3O2/c1-20(29)22-9-11-23(12-10-22)24(30)27-14-6-8-21(19-27)7-5-13-26-15-17-28(18-16-26)25(2,3)4/h21-23H,5-19H2,1-4H3. The smallest absolute Gasteiger partial charge is 0.225 e. The Kier molecular flexibility index (Phi) is 8.37. The topological polar surface area (TPSA) is 43.9 Å². The average molecular weight is 420 g/mol. The van der Waals surface area contributed by atoms with Gasteiger partial charge in [-0.05, 0) is 91.5 Å². The van der Waals surface area contributed by atoms with Crippen LogP contribution in [0.5, 0.6) is 0 Å². The Bertz CT molecular complexity index is 569. The van der Waals surface area contributed by atoms with E-state index in [1.807, 2.05) is 0 Å². The zero-order valence-corrected chi connectivity index (χ0v) is 20.0. The predicted molar refractivity (Wildman–Crippen MR) is 122 cm³/mol. The molecule has 0 aromatic carbocycles. The molecule has 5 heteroatoms. The minimum atomic E-state index is 0.165. The molecule has 3 aliphatic rings. The van der Waals surface area contributed by atoms with Crippen LogP contribution in [0.15, 0.2) is 0 Å². The molecular formula is C25H45N3O2. The van der Waals surface area contributed by atoms with Crippen LogP contribution in [0, 0.1) is 17.8 Å². The van der Waals surface area contributed by atoms with Crippen LogP contribution in [0.4, 0.5) is 0 Å². The van der Waals surface area contributed by atoms with Crippen molar-refractivity contribution in [1.29, 1.82) is 0 Å². The van der Waals surface area contributed by atoms with E-state index in [1.54, 1.807) is 6.92 Å². The normalized spacial score (nSPS) is 29.7. The van der Waals surface area contributed by atoms with Crippen molar-refractivity contribution in [2.24, 2.45) is 17.8 Å². The molecule has 2 heterocycles. The van der Waals surface area contributed by atoms with Crippen LogP contribution in [0.25, 0.3) is 0 Å². The highest BCUT2D eigenvalue weighted by molar-refractivity contribution is 5.81. The molecule has 30 heavy (non-hydrogen) atoms.